The summed E-state index contributed by atoms with van der Waals surface area (Å²) in [6.45, 7) is 7.85. The SMILES string of the molecule is [C-]#[N+]c1ccc2c(c1)c1ccccc1n2-c1cccc2c1C1(c3ccc(-n4c5ccccc5c5cc(-n6c7ccccc7c7ccccc76)ccc54)cc3O2)c2cccnc2-c2ncccc21. The molecule has 0 radical (unpaired) electrons. The summed E-state index contributed by atoms with van der Waals surface area (Å²) in [5, 5.41) is 6.94. The van der Waals surface area contributed by atoms with E-state index in [-0.39, 0.29) is 0 Å². The van der Waals surface area contributed by atoms with Crippen LogP contribution in [0, 0.1) is 6.57 Å². The minimum Gasteiger partial charge on any atom is -0.457 e. The number of fused-ring (bicyclic) bond motifs is 18. The van der Waals surface area contributed by atoms with E-state index in [0.29, 0.717) is 5.69 Å². The molecule has 7 nitrogen and oxygen atoms in total. The molecule has 1 aliphatic carbocycles. The normalized spacial score (nSPS) is 13.3. The minimum atomic E-state index is -0.850. The van der Waals surface area contributed by atoms with Crippen LogP contribution < -0.4 is 4.74 Å². The molecule has 0 N–H and O–H groups in total. The molecule has 1 spiro atoms. The lowest BCUT2D eigenvalue weighted by Gasteiger charge is -2.40. The summed E-state index contributed by atoms with van der Waals surface area (Å²) in [7, 11) is 0. The van der Waals surface area contributed by atoms with Crippen molar-refractivity contribution in [2.45, 2.75) is 5.41 Å². The molecule has 5 aromatic heterocycles. The first kappa shape index (κ1) is 36.1. The number of hydrogen-bond donors (Lipinski definition) is 0. The van der Waals surface area contributed by atoms with Crippen molar-refractivity contribution in [1.82, 2.24) is 23.7 Å². The summed E-state index contributed by atoms with van der Waals surface area (Å²) >= 11 is 0. The number of ether oxygens (including phenoxy) is 1. The molecule has 15 rings (SSSR count). The fraction of sp³-hybridized carbons (Fsp3) is 0.0167. The maximum atomic E-state index is 7.85. The Labute approximate surface area is 383 Å². The van der Waals surface area contributed by atoms with Crippen molar-refractivity contribution >= 4 is 71.1 Å². The summed E-state index contributed by atoms with van der Waals surface area (Å²) < 4.78 is 14.4. The van der Waals surface area contributed by atoms with E-state index in [4.69, 9.17) is 21.3 Å². The van der Waals surface area contributed by atoms with Crippen molar-refractivity contribution in [3.63, 3.8) is 0 Å². The molecule has 7 heteroatoms. The Hall–Kier alpha value is -9.25. The van der Waals surface area contributed by atoms with Gasteiger partial charge in [-0.05, 0) is 101 Å². The van der Waals surface area contributed by atoms with Crippen molar-refractivity contribution < 1.29 is 4.74 Å². The molecule has 0 unspecified atom stereocenters. The van der Waals surface area contributed by atoms with Crippen molar-refractivity contribution in [1.29, 1.82) is 0 Å². The molecule has 0 bridgehead atoms. The molecule has 0 amide bonds. The van der Waals surface area contributed by atoms with E-state index in [0.717, 1.165) is 95.0 Å². The number of pyridine rings is 2. The zero-order valence-corrected chi connectivity index (χ0v) is 35.7. The predicted molar refractivity (Wildman–Crippen MR) is 269 cm³/mol. The van der Waals surface area contributed by atoms with E-state index in [1.807, 2.05) is 36.7 Å². The standard InChI is InChI=1S/C60H34N6O/c1-61-36-25-29-53-43(33-36)41-15-5-9-22-51(41)66(53)54-23-10-24-55-57(54)60(46-17-11-31-62-58(46)59-47(60)18-12-32-63-59)45-28-26-38(35-56(45)67-55)65-50-21-8-4-16-42(50)44-34-37(27-30-52(44)65)64-48-19-6-2-13-39(48)40-14-3-7-20-49(40)64/h2-35H. The van der Waals surface area contributed by atoms with E-state index >= 15 is 0 Å². The van der Waals surface area contributed by atoms with Crippen molar-refractivity contribution in [2.24, 2.45) is 0 Å². The van der Waals surface area contributed by atoms with Crippen LogP contribution in [-0.2, 0) is 5.41 Å². The molecular formula is C60H34N6O. The molecule has 310 valence electrons. The summed E-state index contributed by atoms with van der Waals surface area (Å²) in [5.41, 5.74) is 15.4. The highest BCUT2D eigenvalue weighted by Crippen LogP contribution is 2.63. The molecular weight excluding hydrogens is 821 g/mol. The van der Waals surface area contributed by atoms with Gasteiger partial charge in [0.15, 0.2) is 5.69 Å². The van der Waals surface area contributed by atoms with E-state index in [1.165, 1.54) is 32.6 Å². The average Bonchev–Trinajstić information content (AvgIpc) is 4.10. The maximum Gasteiger partial charge on any atom is 0.188 e. The summed E-state index contributed by atoms with van der Waals surface area (Å²) in [6.07, 6.45) is 3.73. The monoisotopic (exact) mass is 854 g/mol. The summed E-state index contributed by atoms with van der Waals surface area (Å²) in [4.78, 5) is 13.9. The molecule has 2 aliphatic rings. The quantitative estimate of drug-likeness (QED) is 0.166. The van der Waals surface area contributed by atoms with Crippen LogP contribution in [0.25, 0.3) is 98.7 Å². The highest BCUT2D eigenvalue weighted by Gasteiger charge is 2.54. The highest BCUT2D eigenvalue weighted by atomic mass is 16.5. The van der Waals surface area contributed by atoms with E-state index in [1.54, 1.807) is 0 Å². The Morgan fingerprint density at radius 1 is 0.403 bits per heavy atom. The minimum absolute atomic E-state index is 0.609. The molecule has 67 heavy (non-hydrogen) atoms. The van der Waals surface area contributed by atoms with Crippen LogP contribution in [0.15, 0.2) is 207 Å². The first-order chi connectivity index (χ1) is 33.2. The van der Waals surface area contributed by atoms with E-state index < -0.39 is 5.41 Å². The van der Waals surface area contributed by atoms with E-state index in [9.17, 15) is 0 Å². The van der Waals surface area contributed by atoms with Crippen LogP contribution in [0.4, 0.5) is 5.69 Å². The number of hydrogen-bond acceptors (Lipinski definition) is 3. The lowest BCUT2D eigenvalue weighted by atomic mass is 9.65. The molecule has 0 saturated heterocycles. The van der Waals surface area contributed by atoms with Gasteiger partial charge in [0.25, 0.3) is 0 Å². The van der Waals surface area contributed by atoms with Crippen molar-refractivity contribution in [3.05, 3.63) is 240 Å². The Bertz CT molecular complexity index is 4250. The van der Waals surface area contributed by atoms with Gasteiger partial charge in [0, 0.05) is 67.9 Å². The molecule has 0 atom stereocenters. The third kappa shape index (κ3) is 4.63. The van der Waals surface area contributed by atoms with Crippen LogP contribution in [0.3, 0.4) is 0 Å². The van der Waals surface area contributed by atoms with Gasteiger partial charge in [0.05, 0.1) is 62.2 Å². The number of rotatable bonds is 3. The number of nitrogens with zero attached hydrogens (tertiary/aromatic N) is 6. The predicted octanol–water partition coefficient (Wildman–Crippen LogP) is 14.8. The van der Waals surface area contributed by atoms with Gasteiger partial charge in [-0.3, -0.25) is 9.97 Å². The van der Waals surface area contributed by atoms with Gasteiger partial charge >= 0.3 is 0 Å². The van der Waals surface area contributed by atoms with Crippen LogP contribution in [-0.4, -0.2) is 23.7 Å². The van der Waals surface area contributed by atoms with Crippen LogP contribution in [0.1, 0.15) is 22.3 Å². The molecule has 6 heterocycles. The van der Waals surface area contributed by atoms with E-state index in [2.05, 4.69) is 188 Å². The Kier molecular flexibility index (Phi) is 7.10. The summed E-state index contributed by atoms with van der Waals surface area (Å²) in [6, 6.07) is 69.0. The number of aromatic nitrogens is 5. The van der Waals surface area contributed by atoms with Gasteiger partial charge in [0.1, 0.15) is 11.5 Å². The summed E-state index contributed by atoms with van der Waals surface area (Å²) in [5.74, 6) is 1.53. The lowest BCUT2D eigenvalue weighted by molar-refractivity contribution is 0.435. The lowest BCUT2D eigenvalue weighted by Crippen LogP contribution is -2.33. The first-order valence-corrected chi connectivity index (χ1v) is 22.5. The van der Waals surface area contributed by atoms with Gasteiger partial charge in [-0.15, -0.1) is 0 Å². The topological polar surface area (TPSA) is 54.2 Å². The third-order valence-corrected chi connectivity index (χ3v) is 14.4. The Morgan fingerprint density at radius 3 is 1.54 bits per heavy atom. The average molecular weight is 855 g/mol. The van der Waals surface area contributed by atoms with Gasteiger partial charge < -0.3 is 18.4 Å². The Balaban J connectivity index is 0.988. The smallest absolute Gasteiger partial charge is 0.188 e. The third-order valence-electron chi connectivity index (χ3n) is 14.4. The molecule has 13 aromatic rings. The fourth-order valence-corrected chi connectivity index (χ4v) is 11.8. The molecule has 0 saturated carbocycles. The van der Waals surface area contributed by atoms with Gasteiger partial charge in [-0.1, -0.05) is 103 Å². The van der Waals surface area contributed by atoms with Gasteiger partial charge in [0.2, 0.25) is 0 Å². The maximum absolute atomic E-state index is 7.85. The second kappa shape index (κ2) is 13.2. The number of para-hydroxylation sites is 4. The van der Waals surface area contributed by atoms with Crippen molar-refractivity contribution in [3.8, 4) is 39.9 Å². The molecule has 0 fully saturated rings. The van der Waals surface area contributed by atoms with Crippen LogP contribution >= 0.6 is 0 Å². The van der Waals surface area contributed by atoms with Crippen molar-refractivity contribution in [2.75, 3.05) is 0 Å². The first-order valence-electron chi connectivity index (χ1n) is 22.5. The zero-order chi connectivity index (χ0) is 44.0. The van der Waals surface area contributed by atoms with Gasteiger partial charge in [-0.2, -0.15) is 0 Å². The zero-order valence-electron chi connectivity index (χ0n) is 35.7. The highest BCUT2D eigenvalue weighted by molar-refractivity contribution is 6.13. The number of benzene rings is 8. The second-order valence-electron chi connectivity index (χ2n) is 17.6. The molecule has 8 aromatic carbocycles. The largest absolute Gasteiger partial charge is 0.457 e. The Morgan fingerprint density at radius 2 is 0.910 bits per heavy atom. The van der Waals surface area contributed by atoms with Gasteiger partial charge in [-0.25, -0.2) is 4.85 Å². The van der Waals surface area contributed by atoms with Crippen LogP contribution in [0.2, 0.25) is 0 Å². The van der Waals surface area contributed by atoms with Crippen LogP contribution in [0.5, 0.6) is 11.5 Å². The second-order valence-corrected chi connectivity index (χ2v) is 17.6. The molecule has 1 aliphatic heterocycles. The fourth-order valence-electron chi connectivity index (χ4n) is 11.8.